The molecule has 0 radical (unpaired) electrons. The summed E-state index contributed by atoms with van der Waals surface area (Å²) in [6, 6.07) is 3.42. The first-order valence-corrected chi connectivity index (χ1v) is 7.85. The minimum absolute atomic E-state index is 0. The molecule has 5 nitrogen and oxygen atoms in total. The molecule has 1 aromatic rings. The highest BCUT2D eigenvalue weighted by Gasteiger charge is 2.17. The number of benzene rings is 1. The monoisotopic (exact) mass is 392 g/mol. The normalized spacial score (nSPS) is 17.3. The van der Waals surface area contributed by atoms with Crippen LogP contribution in [0.1, 0.15) is 23.2 Å². The van der Waals surface area contributed by atoms with Gasteiger partial charge < -0.3 is 20.1 Å². The van der Waals surface area contributed by atoms with Crippen molar-refractivity contribution in [2.24, 2.45) is 5.92 Å². The molecule has 1 aliphatic heterocycles. The molecule has 7 heteroatoms. The zero-order valence-corrected chi connectivity index (χ0v) is 15.2. The average molecular weight is 394 g/mol. The minimum Gasteiger partial charge on any atom is -0.495 e. The third kappa shape index (κ3) is 4.76. The molecule has 0 aliphatic carbocycles. The summed E-state index contributed by atoms with van der Waals surface area (Å²) >= 11 is 3.40. The van der Waals surface area contributed by atoms with Crippen molar-refractivity contribution in [3.63, 3.8) is 0 Å². The maximum absolute atomic E-state index is 12.3. The number of nitrogens with one attached hydrogen (secondary N) is 2. The molecule has 2 N–H and O–H groups in total. The lowest BCUT2D eigenvalue weighted by molar-refractivity contribution is 0.0944. The largest absolute Gasteiger partial charge is 0.495 e. The standard InChI is InChI=1S/C15H21BrN2O3.ClH/c1-20-12-6-11(7-13(21-2)14(12)16)15(19)18-9-10-4-3-5-17-8-10;/h6-7,10,17H,3-5,8-9H2,1-2H3,(H,18,19);1H. The number of hydrogen-bond acceptors (Lipinski definition) is 4. The maximum atomic E-state index is 12.3. The Bertz CT molecular complexity index is 483. The average Bonchev–Trinajstić information content (AvgIpc) is 2.53. The highest BCUT2D eigenvalue weighted by atomic mass is 79.9. The molecule has 1 unspecified atom stereocenters. The van der Waals surface area contributed by atoms with Crippen LogP contribution in [0.25, 0.3) is 0 Å². The number of piperidine rings is 1. The first kappa shape index (κ1) is 19.1. The van der Waals surface area contributed by atoms with Gasteiger partial charge in [-0.05, 0) is 59.9 Å². The van der Waals surface area contributed by atoms with Gasteiger partial charge in [-0.2, -0.15) is 0 Å². The fourth-order valence-electron chi connectivity index (χ4n) is 2.44. The Morgan fingerprint density at radius 1 is 1.36 bits per heavy atom. The van der Waals surface area contributed by atoms with E-state index in [1.54, 1.807) is 26.4 Å². The van der Waals surface area contributed by atoms with Gasteiger partial charge in [-0.25, -0.2) is 0 Å². The van der Waals surface area contributed by atoms with Crippen molar-refractivity contribution in [3.8, 4) is 11.5 Å². The van der Waals surface area contributed by atoms with Gasteiger partial charge in [0.1, 0.15) is 16.0 Å². The number of amides is 1. The van der Waals surface area contributed by atoms with E-state index in [0.29, 0.717) is 34.0 Å². The smallest absolute Gasteiger partial charge is 0.251 e. The molecule has 0 saturated carbocycles. The van der Waals surface area contributed by atoms with Gasteiger partial charge in [0.15, 0.2) is 0 Å². The second-order valence-electron chi connectivity index (χ2n) is 5.12. The number of methoxy groups -OCH3 is 2. The number of ether oxygens (including phenoxy) is 2. The van der Waals surface area contributed by atoms with Crippen LogP contribution in [0, 0.1) is 5.92 Å². The molecular weight excluding hydrogens is 372 g/mol. The van der Waals surface area contributed by atoms with Crippen molar-refractivity contribution < 1.29 is 14.3 Å². The number of hydrogen-bond donors (Lipinski definition) is 2. The molecule has 1 saturated heterocycles. The first-order chi connectivity index (χ1) is 10.2. The van der Waals surface area contributed by atoms with Crippen LogP contribution < -0.4 is 20.1 Å². The molecule has 1 heterocycles. The second kappa shape index (κ2) is 9.22. The number of carbonyl (C=O) groups excluding carboxylic acids is 1. The molecule has 1 fully saturated rings. The highest BCUT2D eigenvalue weighted by molar-refractivity contribution is 9.10. The van der Waals surface area contributed by atoms with Gasteiger partial charge in [0.05, 0.1) is 14.2 Å². The van der Waals surface area contributed by atoms with Gasteiger partial charge in [0.2, 0.25) is 0 Å². The van der Waals surface area contributed by atoms with Crippen LogP contribution >= 0.6 is 28.3 Å². The van der Waals surface area contributed by atoms with Gasteiger partial charge in [-0.3, -0.25) is 4.79 Å². The van der Waals surface area contributed by atoms with E-state index in [4.69, 9.17) is 9.47 Å². The van der Waals surface area contributed by atoms with E-state index in [1.807, 2.05) is 0 Å². The Kier molecular flexibility index (Phi) is 8.00. The summed E-state index contributed by atoms with van der Waals surface area (Å²) in [4.78, 5) is 12.3. The number of rotatable bonds is 5. The molecule has 1 aliphatic rings. The summed E-state index contributed by atoms with van der Waals surface area (Å²) < 4.78 is 11.2. The molecular formula is C15H22BrClN2O3. The Morgan fingerprint density at radius 3 is 2.50 bits per heavy atom. The Balaban J connectivity index is 0.00000242. The summed E-state index contributed by atoms with van der Waals surface area (Å²) in [5, 5.41) is 6.33. The van der Waals surface area contributed by atoms with Gasteiger partial charge in [-0.1, -0.05) is 0 Å². The van der Waals surface area contributed by atoms with E-state index < -0.39 is 0 Å². The summed E-state index contributed by atoms with van der Waals surface area (Å²) in [6.07, 6.45) is 2.32. The highest BCUT2D eigenvalue weighted by Crippen LogP contribution is 2.35. The van der Waals surface area contributed by atoms with Gasteiger partial charge >= 0.3 is 0 Å². The summed E-state index contributed by atoms with van der Waals surface area (Å²) in [5.74, 6) is 1.56. The van der Waals surface area contributed by atoms with Crippen LogP contribution in [0.4, 0.5) is 0 Å². The summed E-state index contributed by atoms with van der Waals surface area (Å²) in [6.45, 7) is 2.73. The van der Waals surface area contributed by atoms with Crippen LogP contribution in [0.5, 0.6) is 11.5 Å². The van der Waals surface area contributed by atoms with Gasteiger partial charge in [0, 0.05) is 12.1 Å². The maximum Gasteiger partial charge on any atom is 0.251 e. The van der Waals surface area contributed by atoms with E-state index in [2.05, 4.69) is 26.6 Å². The molecule has 1 amide bonds. The Morgan fingerprint density at radius 2 is 2.00 bits per heavy atom. The quantitative estimate of drug-likeness (QED) is 0.807. The zero-order valence-electron chi connectivity index (χ0n) is 12.8. The lowest BCUT2D eigenvalue weighted by Crippen LogP contribution is -2.38. The molecule has 0 spiro atoms. The second-order valence-corrected chi connectivity index (χ2v) is 5.91. The fraction of sp³-hybridized carbons (Fsp3) is 0.533. The van der Waals surface area contributed by atoms with Crippen LogP contribution in [0.15, 0.2) is 16.6 Å². The van der Waals surface area contributed by atoms with Gasteiger partial charge in [0.25, 0.3) is 5.91 Å². The molecule has 124 valence electrons. The van der Waals surface area contributed by atoms with Crippen molar-refractivity contribution in [1.29, 1.82) is 0 Å². The van der Waals surface area contributed by atoms with Crippen LogP contribution in [0.3, 0.4) is 0 Å². The molecule has 0 aromatic heterocycles. The summed E-state index contributed by atoms with van der Waals surface area (Å²) in [7, 11) is 3.13. The molecule has 22 heavy (non-hydrogen) atoms. The van der Waals surface area contributed by atoms with E-state index in [1.165, 1.54) is 6.42 Å². The van der Waals surface area contributed by atoms with Crippen LogP contribution in [-0.2, 0) is 0 Å². The SMILES string of the molecule is COc1cc(C(=O)NCC2CCCNC2)cc(OC)c1Br.Cl. The number of carbonyl (C=O) groups is 1. The van der Waals surface area contributed by atoms with Crippen molar-refractivity contribution >= 4 is 34.2 Å². The molecule has 0 bridgehead atoms. The van der Waals surface area contributed by atoms with Crippen molar-refractivity contribution in [2.45, 2.75) is 12.8 Å². The minimum atomic E-state index is -0.107. The fourth-order valence-corrected chi connectivity index (χ4v) is 2.99. The van der Waals surface area contributed by atoms with E-state index in [-0.39, 0.29) is 18.3 Å². The Labute approximate surface area is 145 Å². The molecule has 1 atom stereocenters. The predicted molar refractivity (Wildman–Crippen MR) is 92.4 cm³/mol. The molecule has 1 aromatic carbocycles. The zero-order chi connectivity index (χ0) is 15.2. The van der Waals surface area contributed by atoms with Gasteiger partial charge in [-0.15, -0.1) is 12.4 Å². The number of halogens is 2. The van der Waals surface area contributed by atoms with Crippen LogP contribution in [-0.4, -0.2) is 39.8 Å². The summed E-state index contributed by atoms with van der Waals surface area (Å²) in [5.41, 5.74) is 0.538. The van der Waals surface area contributed by atoms with E-state index in [0.717, 1.165) is 19.5 Å². The lowest BCUT2D eigenvalue weighted by atomic mass is 9.99. The van der Waals surface area contributed by atoms with Crippen molar-refractivity contribution in [2.75, 3.05) is 33.9 Å². The van der Waals surface area contributed by atoms with E-state index >= 15 is 0 Å². The molecule has 2 rings (SSSR count). The third-order valence-electron chi connectivity index (χ3n) is 3.66. The predicted octanol–water partition coefficient (Wildman–Crippen LogP) is 2.62. The lowest BCUT2D eigenvalue weighted by Gasteiger charge is -2.23. The Hall–Kier alpha value is -0.980. The first-order valence-electron chi connectivity index (χ1n) is 7.06. The van der Waals surface area contributed by atoms with E-state index in [9.17, 15) is 4.79 Å². The topological polar surface area (TPSA) is 59.6 Å². The van der Waals surface area contributed by atoms with Crippen molar-refractivity contribution in [3.05, 3.63) is 22.2 Å². The van der Waals surface area contributed by atoms with Crippen LogP contribution in [0.2, 0.25) is 0 Å². The van der Waals surface area contributed by atoms with Crippen molar-refractivity contribution in [1.82, 2.24) is 10.6 Å². The third-order valence-corrected chi connectivity index (χ3v) is 4.44.